The maximum Gasteiger partial charge on any atom is 0.332 e. The van der Waals surface area contributed by atoms with E-state index in [-0.39, 0.29) is 22.6 Å². The molecule has 0 fully saturated rings. The van der Waals surface area contributed by atoms with E-state index in [9.17, 15) is 14.4 Å². The lowest BCUT2D eigenvalue weighted by molar-refractivity contribution is 0.0983. The monoisotopic (exact) mass is 402 g/mol. The lowest BCUT2D eigenvalue weighted by Gasteiger charge is -2.29. The molecule has 0 aliphatic carbocycles. The van der Waals surface area contributed by atoms with Crippen LogP contribution in [-0.4, -0.2) is 32.3 Å². The Morgan fingerprint density at radius 3 is 2.70 bits per heavy atom. The number of thioether (sulfide) groups is 1. The molecule has 2 aromatic heterocycles. The van der Waals surface area contributed by atoms with E-state index in [1.165, 1.54) is 30.8 Å². The fourth-order valence-corrected chi connectivity index (χ4v) is 4.25. The largest absolute Gasteiger partial charge is 0.332 e. The van der Waals surface area contributed by atoms with Gasteiger partial charge in [0.1, 0.15) is 11.3 Å². The van der Waals surface area contributed by atoms with E-state index < -0.39 is 11.2 Å². The minimum atomic E-state index is -0.490. The molecule has 1 aliphatic rings. The third kappa shape index (κ3) is 2.85. The smallest absolute Gasteiger partial charge is 0.305 e. The molecule has 0 saturated carbocycles. The number of aromatic nitrogens is 3. The van der Waals surface area contributed by atoms with Crippen molar-refractivity contribution in [3.63, 3.8) is 0 Å². The quantitative estimate of drug-likeness (QED) is 0.622. The van der Waals surface area contributed by atoms with Crippen molar-refractivity contribution in [2.45, 2.75) is 4.90 Å². The summed E-state index contributed by atoms with van der Waals surface area (Å²) in [6, 6.07) is 8.50. The summed E-state index contributed by atoms with van der Waals surface area (Å²) in [5.41, 5.74) is 0.168. The van der Waals surface area contributed by atoms with Crippen molar-refractivity contribution < 1.29 is 4.79 Å². The minimum Gasteiger partial charge on any atom is -0.305 e. The van der Waals surface area contributed by atoms with Crippen LogP contribution in [0, 0.1) is 0 Å². The average Bonchev–Trinajstić information content (AvgIpc) is 2.69. The topological polar surface area (TPSA) is 77.2 Å². The highest BCUT2D eigenvalue weighted by molar-refractivity contribution is 7.99. The van der Waals surface area contributed by atoms with Crippen molar-refractivity contribution >= 4 is 46.0 Å². The SMILES string of the molecule is Cn1c(=O)c2ccc(C(=O)N3CCSc4ccc(Cl)cc43)nc2n(C)c1=O. The van der Waals surface area contributed by atoms with Crippen molar-refractivity contribution in [3.05, 3.63) is 61.9 Å². The summed E-state index contributed by atoms with van der Waals surface area (Å²) >= 11 is 7.77. The summed E-state index contributed by atoms with van der Waals surface area (Å²) in [6.45, 7) is 0.520. The molecule has 0 spiro atoms. The van der Waals surface area contributed by atoms with Gasteiger partial charge in [-0.05, 0) is 30.3 Å². The number of halogens is 1. The zero-order valence-corrected chi connectivity index (χ0v) is 16.2. The van der Waals surface area contributed by atoms with Gasteiger partial charge in [0.25, 0.3) is 11.5 Å². The second kappa shape index (κ2) is 6.54. The third-order valence-electron chi connectivity index (χ3n) is 4.55. The molecule has 9 heteroatoms. The van der Waals surface area contributed by atoms with E-state index in [1.807, 2.05) is 6.07 Å². The number of pyridine rings is 1. The second-order valence-corrected chi connectivity index (χ2v) is 7.76. The molecule has 3 aromatic rings. The van der Waals surface area contributed by atoms with Crippen LogP contribution in [0.3, 0.4) is 0 Å². The number of hydrogen-bond acceptors (Lipinski definition) is 5. The molecule has 1 aromatic carbocycles. The number of nitrogens with zero attached hydrogens (tertiary/aromatic N) is 4. The Bertz CT molecular complexity index is 1220. The van der Waals surface area contributed by atoms with Gasteiger partial charge in [0.15, 0.2) is 0 Å². The summed E-state index contributed by atoms with van der Waals surface area (Å²) in [4.78, 5) is 44.5. The number of benzene rings is 1. The first-order valence-electron chi connectivity index (χ1n) is 8.19. The number of anilines is 1. The van der Waals surface area contributed by atoms with Crippen LogP contribution in [0.15, 0.2) is 44.8 Å². The molecule has 4 rings (SSSR count). The standard InChI is InChI=1S/C18H15ClN4O3S/c1-21-15-11(16(24)22(2)18(21)26)4-5-12(20-15)17(25)23-7-8-27-14-6-3-10(19)9-13(14)23/h3-6,9H,7-8H2,1-2H3. The lowest BCUT2D eigenvalue weighted by atomic mass is 10.2. The first-order valence-corrected chi connectivity index (χ1v) is 9.56. The molecule has 3 heterocycles. The molecule has 0 unspecified atom stereocenters. The van der Waals surface area contributed by atoms with Crippen LogP contribution >= 0.6 is 23.4 Å². The summed E-state index contributed by atoms with van der Waals surface area (Å²) in [5, 5.41) is 0.834. The van der Waals surface area contributed by atoms with Crippen molar-refractivity contribution in [3.8, 4) is 0 Å². The van der Waals surface area contributed by atoms with Crippen LogP contribution < -0.4 is 16.1 Å². The Morgan fingerprint density at radius 1 is 1.15 bits per heavy atom. The zero-order valence-electron chi connectivity index (χ0n) is 14.6. The van der Waals surface area contributed by atoms with Gasteiger partial charge in [-0.3, -0.25) is 18.7 Å². The molecule has 1 amide bonds. The fraction of sp³-hybridized carbons (Fsp3) is 0.222. The van der Waals surface area contributed by atoms with Crippen LogP contribution in [-0.2, 0) is 14.1 Å². The number of carbonyl (C=O) groups excluding carboxylic acids is 1. The number of carbonyl (C=O) groups is 1. The Hall–Kier alpha value is -2.58. The Kier molecular flexibility index (Phi) is 4.32. The Balaban J connectivity index is 1.85. The summed E-state index contributed by atoms with van der Waals surface area (Å²) in [5.74, 6) is 0.460. The average molecular weight is 403 g/mol. The minimum absolute atomic E-state index is 0.170. The van der Waals surface area contributed by atoms with Gasteiger partial charge in [0, 0.05) is 36.3 Å². The van der Waals surface area contributed by atoms with E-state index in [2.05, 4.69) is 4.98 Å². The van der Waals surface area contributed by atoms with Crippen LogP contribution in [0.1, 0.15) is 10.5 Å². The van der Waals surface area contributed by atoms with E-state index in [0.29, 0.717) is 11.6 Å². The molecule has 0 atom stereocenters. The number of aryl methyl sites for hydroxylation is 1. The predicted octanol–water partition coefficient (Wildman–Crippen LogP) is 2.04. The molecule has 27 heavy (non-hydrogen) atoms. The summed E-state index contributed by atoms with van der Waals surface area (Å²) in [7, 11) is 2.94. The molecule has 0 saturated heterocycles. The highest BCUT2D eigenvalue weighted by Crippen LogP contribution is 2.37. The van der Waals surface area contributed by atoms with Crippen LogP contribution in [0.5, 0.6) is 0 Å². The zero-order chi connectivity index (χ0) is 19.3. The molecule has 1 aliphatic heterocycles. The molecule has 0 bridgehead atoms. The van der Waals surface area contributed by atoms with Crippen LogP contribution in [0.25, 0.3) is 11.0 Å². The molecule has 138 valence electrons. The van der Waals surface area contributed by atoms with Crippen molar-refractivity contribution in [2.75, 3.05) is 17.2 Å². The van der Waals surface area contributed by atoms with Crippen LogP contribution in [0.4, 0.5) is 5.69 Å². The number of hydrogen-bond donors (Lipinski definition) is 0. The Labute approximate surface area is 163 Å². The van der Waals surface area contributed by atoms with Gasteiger partial charge in [-0.15, -0.1) is 11.8 Å². The Morgan fingerprint density at radius 2 is 1.93 bits per heavy atom. The van der Waals surface area contributed by atoms with Gasteiger partial charge in [0.2, 0.25) is 0 Å². The molecular formula is C18H15ClN4O3S. The lowest BCUT2D eigenvalue weighted by Crippen LogP contribution is -2.38. The van der Waals surface area contributed by atoms with E-state index >= 15 is 0 Å². The van der Waals surface area contributed by atoms with E-state index in [4.69, 9.17) is 11.6 Å². The van der Waals surface area contributed by atoms with Gasteiger partial charge >= 0.3 is 5.69 Å². The van der Waals surface area contributed by atoms with Crippen LogP contribution in [0.2, 0.25) is 5.02 Å². The normalized spacial score (nSPS) is 13.7. The number of rotatable bonds is 1. The summed E-state index contributed by atoms with van der Waals surface area (Å²) in [6.07, 6.45) is 0. The highest BCUT2D eigenvalue weighted by atomic mass is 35.5. The fourth-order valence-electron chi connectivity index (χ4n) is 3.11. The highest BCUT2D eigenvalue weighted by Gasteiger charge is 2.26. The second-order valence-electron chi connectivity index (χ2n) is 6.19. The van der Waals surface area contributed by atoms with Gasteiger partial charge in [0.05, 0.1) is 11.1 Å². The first-order chi connectivity index (χ1) is 12.9. The maximum atomic E-state index is 13.1. The third-order valence-corrected chi connectivity index (χ3v) is 5.83. The van der Waals surface area contributed by atoms with E-state index in [0.717, 1.165) is 20.9 Å². The number of fused-ring (bicyclic) bond motifs is 2. The van der Waals surface area contributed by atoms with Gasteiger partial charge in [-0.25, -0.2) is 9.78 Å². The van der Waals surface area contributed by atoms with Gasteiger partial charge < -0.3 is 4.90 Å². The number of amides is 1. The van der Waals surface area contributed by atoms with Crippen molar-refractivity contribution in [1.82, 2.24) is 14.1 Å². The summed E-state index contributed by atoms with van der Waals surface area (Å²) < 4.78 is 2.29. The van der Waals surface area contributed by atoms with Gasteiger partial charge in [-0.2, -0.15) is 0 Å². The van der Waals surface area contributed by atoms with E-state index in [1.54, 1.807) is 28.8 Å². The van der Waals surface area contributed by atoms with Crippen molar-refractivity contribution in [2.24, 2.45) is 14.1 Å². The van der Waals surface area contributed by atoms with Gasteiger partial charge in [-0.1, -0.05) is 11.6 Å². The maximum absolute atomic E-state index is 13.1. The predicted molar refractivity (Wildman–Crippen MR) is 106 cm³/mol. The van der Waals surface area contributed by atoms with Crippen molar-refractivity contribution in [1.29, 1.82) is 0 Å². The molecule has 0 radical (unpaired) electrons. The molecular weight excluding hydrogens is 388 g/mol. The first kappa shape index (κ1) is 17.8. The molecule has 0 N–H and O–H groups in total. The molecule has 7 nitrogen and oxygen atoms in total.